The smallest absolute Gasteiger partial charge is 0.0741 e. The van der Waals surface area contributed by atoms with Crippen LogP contribution in [0, 0.1) is 0 Å². The number of aromatic nitrogens is 1. The van der Waals surface area contributed by atoms with E-state index in [0.717, 1.165) is 11.0 Å². The zero-order valence-corrected chi connectivity index (χ0v) is 12.1. The molecule has 0 N–H and O–H groups in total. The van der Waals surface area contributed by atoms with Crippen molar-refractivity contribution in [1.29, 1.82) is 0 Å². The first kappa shape index (κ1) is 12.7. The number of para-hydroxylation sites is 1. The van der Waals surface area contributed by atoms with Gasteiger partial charge in [-0.3, -0.25) is 0 Å². The lowest BCUT2D eigenvalue weighted by Gasteiger charge is -2.06. The van der Waals surface area contributed by atoms with Crippen LogP contribution in [0.1, 0.15) is 26.3 Å². The third kappa shape index (κ3) is 2.55. The Morgan fingerprint density at radius 2 is 2.12 bits per heavy atom. The van der Waals surface area contributed by atoms with E-state index in [1.54, 1.807) is 0 Å². The van der Waals surface area contributed by atoms with Crippen molar-refractivity contribution < 1.29 is 4.74 Å². The first-order valence-corrected chi connectivity index (χ1v) is 6.80. The summed E-state index contributed by atoms with van der Waals surface area (Å²) < 4.78 is 9.11. The van der Waals surface area contributed by atoms with Gasteiger partial charge in [0.1, 0.15) is 0 Å². The van der Waals surface area contributed by atoms with Crippen molar-refractivity contribution >= 4 is 26.8 Å². The van der Waals surface area contributed by atoms with Gasteiger partial charge in [-0.25, -0.2) is 0 Å². The third-order valence-corrected chi connectivity index (χ3v) is 3.48. The van der Waals surface area contributed by atoms with Gasteiger partial charge in [-0.15, -0.1) is 0 Å². The van der Waals surface area contributed by atoms with E-state index >= 15 is 0 Å². The molecule has 0 bridgehead atoms. The van der Waals surface area contributed by atoms with E-state index in [1.807, 2.05) is 0 Å². The van der Waals surface area contributed by atoms with Crippen molar-refractivity contribution in [1.82, 2.24) is 4.57 Å². The lowest BCUT2D eigenvalue weighted by molar-refractivity contribution is 0.0663. The van der Waals surface area contributed by atoms with E-state index in [1.165, 1.54) is 16.5 Å². The maximum atomic E-state index is 5.71. The molecule has 0 radical (unpaired) electrons. The molecule has 1 heterocycles. The van der Waals surface area contributed by atoms with Gasteiger partial charge in [-0.1, -0.05) is 12.1 Å². The van der Waals surface area contributed by atoms with Crippen molar-refractivity contribution in [2.24, 2.45) is 0 Å². The molecule has 1 aromatic carbocycles. The molecule has 2 aromatic rings. The topological polar surface area (TPSA) is 14.2 Å². The molecule has 0 saturated heterocycles. The summed E-state index contributed by atoms with van der Waals surface area (Å²) in [5.41, 5.74) is 2.52. The van der Waals surface area contributed by atoms with Crippen LogP contribution in [0.4, 0.5) is 0 Å². The number of hydrogen-bond donors (Lipinski definition) is 0. The first-order chi connectivity index (χ1) is 8.13. The highest BCUT2D eigenvalue weighted by atomic mass is 79.9. The van der Waals surface area contributed by atoms with Crippen LogP contribution in [0.3, 0.4) is 0 Å². The summed E-state index contributed by atoms with van der Waals surface area (Å²) >= 11 is 3.62. The zero-order valence-electron chi connectivity index (χ0n) is 10.5. The molecule has 2 nitrogen and oxygen atoms in total. The molecular weight excluding hydrogens is 278 g/mol. The Morgan fingerprint density at radius 3 is 2.76 bits per heavy atom. The highest BCUT2D eigenvalue weighted by molar-refractivity contribution is 9.10. The molecule has 0 aliphatic heterocycles. The van der Waals surface area contributed by atoms with Gasteiger partial charge in [-0.2, -0.15) is 0 Å². The number of aryl methyl sites for hydroxylation is 1. The number of halogens is 1. The van der Waals surface area contributed by atoms with Crippen LogP contribution < -0.4 is 0 Å². The summed E-state index contributed by atoms with van der Waals surface area (Å²) in [5, 5.41) is 1.28. The second kappa shape index (κ2) is 5.23. The van der Waals surface area contributed by atoms with E-state index in [9.17, 15) is 0 Å². The molecule has 0 amide bonds. The van der Waals surface area contributed by atoms with E-state index in [2.05, 4.69) is 65.7 Å². The molecule has 0 fully saturated rings. The molecule has 0 spiro atoms. The standard InChI is InChI=1S/C14H18BrNO/c1-4-16-8-11(9-17-10(2)3)12-6-5-7-13(15)14(12)16/h5-8,10H,4,9H2,1-3H3. The van der Waals surface area contributed by atoms with Gasteiger partial charge in [0, 0.05) is 28.2 Å². The van der Waals surface area contributed by atoms with E-state index in [4.69, 9.17) is 4.74 Å². The molecule has 3 heteroatoms. The van der Waals surface area contributed by atoms with Crippen LogP contribution in [0.5, 0.6) is 0 Å². The fraction of sp³-hybridized carbons (Fsp3) is 0.429. The molecule has 0 aliphatic carbocycles. The Morgan fingerprint density at radius 1 is 1.35 bits per heavy atom. The quantitative estimate of drug-likeness (QED) is 0.818. The molecule has 1 aromatic heterocycles. The van der Waals surface area contributed by atoms with E-state index in [-0.39, 0.29) is 6.10 Å². The molecule has 92 valence electrons. The number of rotatable bonds is 4. The Kier molecular flexibility index (Phi) is 3.89. The van der Waals surface area contributed by atoms with Crippen LogP contribution in [-0.4, -0.2) is 10.7 Å². The van der Waals surface area contributed by atoms with E-state index in [0.29, 0.717) is 6.61 Å². The summed E-state index contributed by atoms with van der Waals surface area (Å²) in [7, 11) is 0. The number of hydrogen-bond acceptors (Lipinski definition) is 1. The van der Waals surface area contributed by atoms with Gasteiger partial charge < -0.3 is 9.30 Å². The summed E-state index contributed by atoms with van der Waals surface area (Å²) in [6.45, 7) is 7.94. The fourth-order valence-corrected chi connectivity index (χ4v) is 2.60. The average molecular weight is 296 g/mol. The van der Waals surface area contributed by atoms with Gasteiger partial charge in [0.2, 0.25) is 0 Å². The minimum absolute atomic E-state index is 0.266. The number of benzene rings is 1. The number of fused-ring (bicyclic) bond motifs is 1. The van der Waals surface area contributed by atoms with Crippen LogP contribution in [0.15, 0.2) is 28.9 Å². The molecule has 0 atom stereocenters. The van der Waals surface area contributed by atoms with Crippen molar-refractivity contribution in [2.45, 2.75) is 40.0 Å². The van der Waals surface area contributed by atoms with Crippen LogP contribution in [0.25, 0.3) is 10.9 Å². The second-order valence-electron chi connectivity index (χ2n) is 4.44. The normalized spacial score (nSPS) is 11.6. The maximum Gasteiger partial charge on any atom is 0.0741 e. The van der Waals surface area contributed by atoms with Crippen LogP contribution >= 0.6 is 15.9 Å². The minimum Gasteiger partial charge on any atom is -0.374 e. The Hall–Kier alpha value is -0.800. The maximum absolute atomic E-state index is 5.71. The van der Waals surface area contributed by atoms with Gasteiger partial charge >= 0.3 is 0 Å². The summed E-state index contributed by atoms with van der Waals surface area (Å²) in [6.07, 6.45) is 2.46. The molecule has 0 aliphatic rings. The van der Waals surface area contributed by atoms with Crippen molar-refractivity contribution in [2.75, 3.05) is 0 Å². The van der Waals surface area contributed by atoms with Crippen molar-refractivity contribution in [3.05, 3.63) is 34.4 Å². The van der Waals surface area contributed by atoms with Gasteiger partial charge in [0.25, 0.3) is 0 Å². The number of ether oxygens (including phenoxy) is 1. The Bertz CT molecular complexity index is 516. The monoisotopic (exact) mass is 295 g/mol. The SMILES string of the molecule is CCn1cc(COC(C)C)c2cccc(Br)c21. The van der Waals surface area contributed by atoms with Crippen molar-refractivity contribution in [3.8, 4) is 0 Å². The molecule has 17 heavy (non-hydrogen) atoms. The van der Waals surface area contributed by atoms with Crippen LogP contribution in [-0.2, 0) is 17.9 Å². The van der Waals surface area contributed by atoms with Gasteiger partial charge in [-0.05, 0) is 42.8 Å². The Labute approximate surface area is 111 Å². The lowest BCUT2D eigenvalue weighted by atomic mass is 10.2. The minimum atomic E-state index is 0.266. The second-order valence-corrected chi connectivity index (χ2v) is 5.29. The van der Waals surface area contributed by atoms with Crippen LogP contribution in [0.2, 0.25) is 0 Å². The number of nitrogens with zero attached hydrogens (tertiary/aromatic N) is 1. The molecule has 2 rings (SSSR count). The van der Waals surface area contributed by atoms with Gasteiger partial charge in [0.15, 0.2) is 0 Å². The molecular formula is C14H18BrNO. The zero-order chi connectivity index (χ0) is 12.4. The highest BCUT2D eigenvalue weighted by Gasteiger charge is 2.10. The fourth-order valence-electron chi connectivity index (χ4n) is 2.01. The van der Waals surface area contributed by atoms with Gasteiger partial charge in [0.05, 0.1) is 18.2 Å². The summed E-state index contributed by atoms with van der Waals surface area (Å²) in [4.78, 5) is 0. The summed E-state index contributed by atoms with van der Waals surface area (Å²) in [5.74, 6) is 0. The molecule has 0 unspecified atom stereocenters. The molecule has 0 saturated carbocycles. The Balaban J connectivity index is 2.46. The third-order valence-electron chi connectivity index (χ3n) is 2.84. The van der Waals surface area contributed by atoms with E-state index < -0.39 is 0 Å². The highest BCUT2D eigenvalue weighted by Crippen LogP contribution is 2.29. The lowest BCUT2D eigenvalue weighted by Crippen LogP contribution is -2.01. The largest absolute Gasteiger partial charge is 0.374 e. The first-order valence-electron chi connectivity index (χ1n) is 6.01. The van der Waals surface area contributed by atoms with Crippen molar-refractivity contribution in [3.63, 3.8) is 0 Å². The summed E-state index contributed by atoms with van der Waals surface area (Å²) in [6, 6.07) is 6.32. The average Bonchev–Trinajstić information content (AvgIpc) is 2.66. The predicted molar refractivity (Wildman–Crippen MR) is 75.2 cm³/mol. The predicted octanol–water partition coefficient (Wildman–Crippen LogP) is 4.35.